The van der Waals surface area contributed by atoms with Gasteiger partial charge in [-0.05, 0) is 26.8 Å². The van der Waals surface area contributed by atoms with E-state index in [1.54, 1.807) is 13.3 Å². The number of aromatic nitrogens is 1. The first kappa shape index (κ1) is 14.4. The number of hydrogen-bond donors (Lipinski definition) is 2. The van der Waals surface area contributed by atoms with E-state index in [4.69, 9.17) is 9.84 Å². The number of carboxylic acid groups (broad SMARTS) is 1. The molecular formula is C13H20N2O3. The Morgan fingerprint density at radius 2 is 2.22 bits per heavy atom. The van der Waals surface area contributed by atoms with Crippen LogP contribution in [0.1, 0.15) is 29.7 Å². The Morgan fingerprint density at radius 3 is 2.83 bits per heavy atom. The fourth-order valence-electron chi connectivity index (χ4n) is 1.82. The molecule has 0 saturated heterocycles. The second-order valence-electron chi connectivity index (χ2n) is 4.22. The fourth-order valence-corrected chi connectivity index (χ4v) is 1.82. The zero-order valence-electron chi connectivity index (χ0n) is 11.1. The number of nitrogens with zero attached hydrogens (tertiary/aromatic N) is 1. The lowest BCUT2D eigenvalue weighted by atomic mass is 10.1. The van der Waals surface area contributed by atoms with E-state index >= 15 is 0 Å². The van der Waals surface area contributed by atoms with Crippen LogP contribution in [0.5, 0.6) is 5.75 Å². The first-order valence-electron chi connectivity index (χ1n) is 5.97. The highest BCUT2D eigenvalue weighted by atomic mass is 16.5. The Labute approximate surface area is 107 Å². The molecule has 0 bridgehead atoms. The number of carboxylic acids is 1. The summed E-state index contributed by atoms with van der Waals surface area (Å²) in [6.07, 6.45) is 2.61. The molecule has 0 spiro atoms. The van der Waals surface area contributed by atoms with Gasteiger partial charge in [-0.25, -0.2) is 0 Å². The van der Waals surface area contributed by atoms with Crippen molar-refractivity contribution in [3.05, 3.63) is 23.0 Å². The van der Waals surface area contributed by atoms with E-state index in [0.717, 1.165) is 22.6 Å². The minimum atomic E-state index is -0.761. The molecule has 0 unspecified atom stereocenters. The summed E-state index contributed by atoms with van der Waals surface area (Å²) in [5.41, 5.74) is 2.99. The molecule has 0 aromatic carbocycles. The van der Waals surface area contributed by atoms with E-state index in [1.165, 1.54) is 0 Å². The fraction of sp³-hybridized carbons (Fsp3) is 0.538. The topological polar surface area (TPSA) is 71.5 Å². The number of hydrogen-bond acceptors (Lipinski definition) is 4. The van der Waals surface area contributed by atoms with Crippen molar-refractivity contribution in [2.24, 2.45) is 0 Å². The molecule has 0 aliphatic rings. The van der Waals surface area contributed by atoms with Crippen LogP contribution in [0.2, 0.25) is 0 Å². The maximum absolute atomic E-state index is 10.4. The van der Waals surface area contributed by atoms with Crippen molar-refractivity contribution in [3.8, 4) is 5.75 Å². The van der Waals surface area contributed by atoms with Crippen LogP contribution in [-0.4, -0.2) is 29.7 Å². The Bertz CT molecular complexity index is 419. The Balaban J connectivity index is 2.50. The van der Waals surface area contributed by atoms with E-state index in [0.29, 0.717) is 19.5 Å². The summed E-state index contributed by atoms with van der Waals surface area (Å²) in [5, 5.41) is 11.7. The Kier molecular flexibility index (Phi) is 5.58. The minimum absolute atomic E-state index is 0.191. The Hall–Kier alpha value is -1.62. The summed E-state index contributed by atoms with van der Waals surface area (Å²) in [5.74, 6) is 0.107. The highest BCUT2D eigenvalue weighted by Crippen LogP contribution is 2.23. The highest BCUT2D eigenvalue weighted by molar-refractivity contribution is 5.66. The van der Waals surface area contributed by atoms with Gasteiger partial charge < -0.3 is 15.2 Å². The van der Waals surface area contributed by atoms with Gasteiger partial charge in [0.1, 0.15) is 5.75 Å². The van der Waals surface area contributed by atoms with E-state index < -0.39 is 5.97 Å². The third-order valence-electron chi connectivity index (χ3n) is 2.79. The number of pyridine rings is 1. The van der Waals surface area contributed by atoms with Gasteiger partial charge in [0.05, 0.1) is 12.8 Å². The van der Waals surface area contributed by atoms with Crippen molar-refractivity contribution in [3.63, 3.8) is 0 Å². The number of ether oxygens (including phenoxy) is 1. The minimum Gasteiger partial charge on any atom is -0.496 e. The van der Waals surface area contributed by atoms with Crippen LogP contribution in [0.15, 0.2) is 6.20 Å². The normalized spacial score (nSPS) is 10.4. The standard InChI is InChI=1S/C13H20N2O3/c1-9-7-15-11(10(2)13(9)18-3)8-14-6-4-5-12(16)17/h7,14H,4-6,8H2,1-3H3,(H,16,17). The van der Waals surface area contributed by atoms with Crippen LogP contribution in [0.25, 0.3) is 0 Å². The summed E-state index contributed by atoms with van der Waals surface area (Å²) < 4.78 is 5.33. The number of aliphatic carboxylic acids is 1. The van der Waals surface area contributed by atoms with Crippen LogP contribution < -0.4 is 10.1 Å². The molecule has 0 fully saturated rings. The lowest BCUT2D eigenvalue weighted by Crippen LogP contribution is -2.17. The SMILES string of the molecule is COc1c(C)cnc(CNCCCC(=O)O)c1C. The first-order valence-corrected chi connectivity index (χ1v) is 5.97. The predicted molar refractivity (Wildman–Crippen MR) is 68.8 cm³/mol. The van der Waals surface area contributed by atoms with Gasteiger partial charge >= 0.3 is 5.97 Å². The zero-order chi connectivity index (χ0) is 13.5. The van der Waals surface area contributed by atoms with Gasteiger partial charge in [-0.3, -0.25) is 9.78 Å². The lowest BCUT2D eigenvalue weighted by Gasteiger charge is -2.12. The molecule has 0 amide bonds. The molecule has 1 heterocycles. The summed E-state index contributed by atoms with van der Waals surface area (Å²) in [7, 11) is 1.65. The zero-order valence-corrected chi connectivity index (χ0v) is 11.1. The summed E-state index contributed by atoms with van der Waals surface area (Å²) in [4.78, 5) is 14.7. The summed E-state index contributed by atoms with van der Waals surface area (Å²) in [6.45, 7) is 5.24. The molecule has 1 aromatic rings. The van der Waals surface area contributed by atoms with Gasteiger partial charge in [-0.1, -0.05) is 0 Å². The van der Waals surface area contributed by atoms with Crippen LogP contribution in [0.4, 0.5) is 0 Å². The molecule has 1 rings (SSSR count). The molecule has 0 saturated carbocycles. The molecule has 0 radical (unpaired) electrons. The number of carbonyl (C=O) groups is 1. The lowest BCUT2D eigenvalue weighted by molar-refractivity contribution is -0.137. The maximum Gasteiger partial charge on any atom is 0.303 e. The van der Waals surface area contributed by atoms with Crippen LogP contribution in [0, 0.1) is 13.8 Å². The smallest absolute Gasteiger partial charge is 0.303 e. The van der Waals surface area contributed by atoms with Gasteiger partial charge in [0, 0.05) is 30.3 Å². The maximum atomic E-state index is 10.4. The molecule has 1 aromatic heterocycles. The van der Waals surface area contributed by atoms with E-state index in [2.05, 4.69) is 10.3 Å². The molecular weight excluding hydrogens is 232 g/mol. The molecule has 2 N–H and O–H groups in total. The number of nitrogens with one attached hydrogen (secondary N) is 1. The van der Waals surface area contributed by atoms with Gasteiger partial charge in [0.2, 0.25) is 0 Å². The molecule has 18 heavy (non-hydrogen) atoms. The van der Waals surface area contributed by atoms with Crippen molar-refractivity contribution >= 4 is 5.97 Å². The van der Waals surface area contributed by atoms with Crippen molar-refractivity contribution in [1.29, 1.82) is 0 Å². The molecule has 5 nitrogen and oxygen atoms in total. The third kappa shape index (κ3) is 4.00. The van der Waals surface area contributed by atoms with Crippen LogP contribution in [0.3, 0.4) is 0 Å². The average Bonchev–Trinajstić information content (AvgIpc) is 2.31. The highest BCUT2D eigenvalue weighted by Gasteiger charge is 2.08. The monoisotopic (exact) mass is 252 g/mol. The molecule has 0 atom stereocenters. The van der Waals surface area contributed by atoms with E-state index in [-0.39, 0.29) is 6.42 Å². The third-order valence-corrected chi connectivity index (χ3v) is 2.79. The van der Waals surface area contributed by atoms with Crippen molar-refractivity contribution < 1.29 is 14.6 Å². The van der Waals surface area contributed by atoms with E-state index in [9.17, 15) is 4.79 Å². The summed E-state index contributed by atoms with van der Waals surface area (Å²) in [6, 6.07) is 0. The molecule has 100 valence electrons. The van der Waals surface area contributed by atoms with Crippen LogP contribution in [-0.2, 0) is 11.3 Å². The number of aryl methyl sites for hydroxylation is 1. The van der Waals surface area contributed by atoms with Crippen molar-refractivity contribution in [1.82, 2.24) is 10.3 Å². The van der Waals surface area contributed by atoms with Crippen molar-refractivity contribution in [2.45, 2.75) is 33.2 Å². The van der Waals surface area contributed by atoms with Gasteiger partial charge in [0.25, 0.3) is 0 Å². The number of rotatable bonds is 7. The first-order chi connectivity index (χ1) is 8.56. The quantitative estimate of drug-likeness (QED) is 0.722. The molecule has 5 heteroatoms. The Morgan fingerprint density at radius 1 is 1.50 bits per heavy atom. The van der Waals surface area contributed by atoms with E-state index in [1.807, 2.05) is 13.8 Å². The summed E-state index contributed by atoms with van der Waals surface area (Å²) >= 11 is 0. The second-order valence-corrected chi connectivity index (χ2v) is 4.22. The molecule has 0 aliphatic heterocycles. The molecule has 0 aliphatic carbocycles. The number of methoxy groups -OCH3 is 1. The average molecular weight is 252 g/mol. The predicted octanol–water partition coefficient (Wildman–Crippen LogP) is 1.66. The van der Waals surface area contributed by atoms with Gasteiger partial charge in [-0.15, -0.1) is 0 Å². The van der Waals surface area contributed by atoms with Gasteiger partial charge in [0.15, 0.2) is 0 Å². The largest absolute Gasteiger partial charge is 0.496 e. The van der Waals surface area contributed by atoms with Crippen molar-refractivity contribution in [2.75, 3.05) is 13.7 Å². The second kappa shape index (κ2) is 6.96. The van der Waals surface area contributed by atoms with Crippen LogP contribution >= 0.6 is 0 Å². The van der Waals surface area contributed by atoms with Gasteiger partial charge in [-0.2, -0.15) is 0 Å².